The molecular weight excluding hydrogens is 455 g/mol. The number of oxazole rings is 1. The third kappa shape index (κ3) is 6.64. The van der Waals surface area contributed by atoms with Crippen molar-refractivity contribution in [1.29, 1.82) is 0 Å². The molecular formula is C16H25IN4OS2. The van der Waals surface area contributed by atoms with Gasteiger partial charge in [-0.15, -0.1) is 35.3 Å². The van der Waals surface area contributed by atoms with Gasteiger partial charge in [-0.1, -0.05) is 6.07 Å². The van der Waals surface area contributed by atoms with Crippen LogP contribution >= 0.6 is 47.1 Å². The molecule has 5 nitrogen and oxygen atoms in total. The molecule has 0 aromatic carbocycles. The number of aliphatic imine (C=N–C) groups is 1. The first-order chi connectivity index (χ1) is 11.0. The molecule has 0 atom stereocenters. The highest BCUT2D eigenvalue weighted by Gasteiger charge is 2.16. The van der Waals surface area contributed by atoms with Gasteiger partial charge in [-0.05, 0) is 38.5 Å². The van der Waals surface area contributed by atoms with Crippen LogP contribution in [0.4, 0.5) is 0 Å². The third-order valence-corrected chi connectivity index (χ3v) is 5.37. The maximum absolute atomic E-state index is 5.52. The SMILES string of the molecule is CCNC(=NCc1coc(-c2cccs2)n1)NCC(C)(C)SC.I. The molecule has 0 bridgehead atoms. The maximum Gasteiger partial charge on any atom is 0.236 e. The van der Waals surface area contributed by atoms with Gasteiger partial charge in [0.15, 0.2) is 5.96 Å². The molecule has 2 rings (SSSR count). The number of halogens is 1. The monoisotopic (exact) mass is 480 g/mol. The number of nitrogens with zero attached hydrogens (tertiary/aromatic N) is 2. The van der Waals surface area contributed by atoms with Gasteiger partial charge in [0.1, 0.15) is 12.0 Å². The predicted molar refractivity (Wildman–Crippen MR) is 116 cm³/mol. The fourth-order valence-corrected chi connectivity index (χ4v) is 2.64. The number of guanidine groups is 1. The molecule has 0 spiro atoms. The van der Waals surface area contributed by atoms with Crippen molar-refractivity contribution < 1.29 is 4.42 Å². The highest BCUT2D eigenvalue weighted by molar-refractivity contribution is 14.0. The van der Waals surface area contributed by atoms with E-state index in [0.717, 1.165) is 29.6 Å². The summed E-state index contributed by atoms with van der Waals surface area (Å²) in [6.45, 7) is 8.63. The van der Waals surface area contributed by atoms with E-state index in [1.54, 1.807) is 17.6 Å². The number of hydrogen-bond donors (Lipinski definition) is 2. The fraction of sp³-hybridized carbons (Fsp3) is 0.500. The van der Waals surface area contributed by atoms with Gasteiger partial charge in [-0.3, -0.25) is 0 Å². The largest absolute Gasteiger partial charge is 0.443 e. The van der Waals surface area contributed by atoms with Gasteiger partial charge < -0.3 is 15.1 Å². The predicted octanol–water partition coefficient (Wildman–Crippen LogP) is 4.22. The van der Waals surface area contributed by atoms with Crippen molar-refractivity contribution >= 4 is 53.0 Å². The van der Waals surface area contributed by atoms with Crippen LogP contribution < -0.4 is 10.6 Å². The first-order valence-corrected chi connectivity index (χ1v) is 9.70. The van der Waals surface area contributed by atoms with E-state index in [1.807, 2.05) is 29.3 Å². The molecule has 0 amide bonds. The maximum atomic E-state index is 5.52. The highest BCUT2D eigenvalue weighted by atomic mass is 127. The van der Waals surface area contributed by atoms with E-state index in [9.17, 15) is 0 Å². The minimum absolute atomic E-state index is 0. The lowest BCUT2D eigenvalue weighted by Gasteiger charge is -2.23. The van der Waals surface area contributed by atoms with Crippen LogP contribution in [0.3, 0.4) is 0 Å². The summed E-state index contributed by atoms with van der Waals surface area (Å²) in [6, 6.07) is 3.99. The second kappa shape index (κ2) is 10.3. The number of hydrogen-bond acceptors (Lipinski definition) is 5. The van der Waals surface area contributed by atoms with Gasteiger partial charge >= 0.3 is 0 Å². The second-order valence-electron chi connectivity index (χ2n) is 5.63. The summed E-state index contributed by atoms with van der Waals surface area (Å²) in [7, 11) is 0. The Morgan fingerprint density at radius 2 is 2.21 bits per heavy atom. The highest BCUT2D eigenvalue weighted by Crippen LogP contribution is 2.23. The Hall–Kier alpha value is -0.740. The van der Waals surface area contributed by atoms with Crippen molar-refractivity contribution in [3.05, 3.63) is 29.5 Å². The molecule has 0 radical (unpaired) electrons. The van der Waals surface area contributed by atoms with E-state index in [4.69, 9.17) is 4.42 Å². The van der Waals surface area contributed by atoms with Crippen molar-refractivity contribution in [3.8, 4) is 10.8 Å². The number of aromatic nitrogens is 1. The van der Waals surface area contributed by atoms with Crippen molar-refractivity contribution in [1.82, 2.24) is 15.6 Å². The molecule has 0 saturated carbocycles. The molecule has 2 aromatic heterocycles. The van der Waals surface area contributed by atoms with Gasteiger partial charge in [-0.2, -0.15) is 11.8 Å². The molecule has 0 fully saturated rings. The lowest BCUT2D eigenvalue weighted by atomic mass is 10.2. The molecule has 134 valence electrons. The molecule has 8 heteroatoms. The van der Waals surface area contributed by atoms with Gasteiger partial charge in [0, 0.05) is 17.8 Å². The number of thiophene rings is 1. The summed E-state index contributed by atoms with van der Waals surface area (Å²) >= 11 is 3.45. The summed E-state index contributed by atoms with van der Waals surface area (Å²) in [6.07, 6.45) is 3.79. The van der Waals surface area contributed by atoms with Gasteiger partial charge in [0.2, 0.25) is 5.89 Å². The zero-order valence-corrected chi connectivity index (χ0v) is 18.4. The summed E-state index contributed by atoms with van der Waals surface area (Å²) < 4.78 is 5.68. The van der Waals surface area contributed by atoms with E-state index in [-0.39, 0.29) is 28.7 Å². The number of rotatable bonds is 7. The quantitative estimate of drug-likeness (QED) is 0.353. The smallest absolute Gasteiger partial charge is 0.236 e. The molecule has 0 aliphatic carbocycles. The molecule has 24 heavy (non-hydrogen) atoms. The minimum atomic E-state index is 0. The fourth-order valence-electron chi connectivity index (χ4n) is 1.76. The van der Waals surface area contributed by atoms with Crippen LogP contribution in [0.25, 0.3) is 10.8 Å². The van der Waals surface area contributed by atoms with E-state index in [1.165, 1.54) is 0 Å². The van der Waals surface area contributed by atoms with Crippen LogP contribution in [-0.2, 0) is 6.54 Å². The average molecular weight is 480 g/mol. The average Bonchev–Trinajstić information content (AvgIpc) is 3.20. The molecule has 2 heterocycles. The third-order valence-electron chi connectivity index (χ3n) is 3.26. The summed E-state index contributed by atoms with van der Waals surface area (Å²) in [5, 5.41) is 8.65. The molecule has 0 saturated heterocycles. The Morgan fingerprint density at radius 3 is 2.83 bits per heavy atom. The van der Waals surface area contributed by atoms with Crippen molar-refractivity contribution in [2.45, 2.75) is 32.1 Å². The van der Waals surface area contributed by atoms with Gasteiger partial charge in [0.05, 0.1) is 11.4 Å². The van der Waals surface area contributed by atoms with Crippen molar-refractivity contribution in [3.63, 3.8) is 0 Å². The Kier molecular flexibility index (Phi) is 9.14. The Bertz CT molecular complexity index is 626. The lowest BCUT2D eigenvalue weighted by Crippen LogP contribution is -2.43. The minimum Gasteiger partial charge on any atom is -0.443 e. The van der Waals surface area contributed by atoms with E-state index >= 15 is 0 Å². The number of thioether (sulfide) groups is 1. The van der Waals surface area contributed by atoms with Crippen molar-refractivity contribution in [2.75, 3.05) is 19.3 Å². The Balaban J connectivity index is 0.00000288. The summed E-state index contributed by atoms with van der Waals surface area (Å²) in [5.41, 5.74) is 0.828. The zero-order chi connectivity index (χ0) is 16.7. The Morgan fingerprint density at radius 1 is 1.42 bits per heavy atom. The van der Waals surface area contributed by atoms with E-state index in [0.29, 0.717) is 12.4 Å². The zero-order valence-electron chi connectivity index (χ0n) is 14.5. The first kappa shape index (κ1) is 21.3. The van der Waals surface area contributed by atoms with Crippen LogP contribution in [0.5, 0.6) is 0 Å². The van der Waals surface area contributed by atoms with Gasteiger partial charge in [0.25, 0.3) is 0 Å². The van der Waals surface area contributed by atoms with Crippen LogP contribution in [-0.4, -0.2) is 35.0 Å². The van der Waals surface area contributed by atoms with Crippen LogP contribution in [0, 0.1) is 0 Å². The van der Waals surface area contributed by atoms with E-state index in [2.05, 4.69) is 47.6 Å². The normalized spacial score (nSPS) is 11.9. The number of nitrogens with one attached hydrogen (secondary N) is 2. The summed E-state index contributed by atoms with van der Waals surface area (Å²) in [5.74, 6) is 1.46. The van der Waals surface area contributed by atoms with Crippen molar-refractivity contribution in [2.24, 2.45) is 4.99 Å². The topological polar surface area (TPSA) is 62.5 Å². The lowest BCUT2D eigenvalue weighted by molar-refractivity contribution is 0.574. The van der Waals surface area contributed by atoms with Gasteiger partial charge in [-0.25, -0.2) is 9.98 Å². The molecule has 0 unspecified atom stereocenters. The molecule has 2 N–H and O–H groups in total. The second-order valence-corrected chi connectivity index (χ2v) is 8.09. The molecule has 2 aromatic rings. The summed E-state index contributed by atoms with van der Waals surface area (Å²) in [4.78, 5) is 10.1. The molecule has 0 aliphatic heterocycles. The van der Waals surface area contributed by atoms with Crippen LogP contribution in [0.2, 0.25) is 0 Å². The molecule has 0 aliphatic rings. The van der Waals surface area contributed by atoms with E-state index < -0.39 is 0 Å². The van der Waals surface area contributed by atoms with Crippen LogP contribution in [0.15, 0.2) is 33.2 Å². The standard InChI is InChI=1S/C16H24N4OS2.HI/c1-5-17-15(19-11-16(2,3)22-4)18-9-12-10-21-14(20-12)13-7-6-8-23-13;/h6-8,10H,5,9,11H2,1-4H3,(H2,17,18,19);1H. The first-order valence-electron chi connectivity index (χ1n) is 7.59. The Labute approximate surface area is 169 Å². The van der Waals surface area contributed by atoms with Crippen LogP contribution in [0.1, 0.15) is 26.5 Å².